The Kier molecular flexibility index (Phi) is 4.05. The molecule has 4 rings (SSSR count). The molecule has 0 aliphatic carbocycles. The first-order chi connectivity index (χ1) is 11.2. The number of aryl methyl sites for hydroxylation is 1. The van der Waals surface area contributed by atoms with Gasteiger partial charge in [0.2, 0.25) is 0 Å². The molecule has 0 radical (unpaired) electrons. The van der Waals surface area contributed by atoms with Crippen LogP contribution < -0.4 is 4.74 Å². The summed E-state index contributed by atoms with van der Waals surface area (Å²) in [5, 5.41) is 0. The van der Waals surface area contributed by atoms with Crippen molar-refractivity contribution in [2.45, 2.75) is 38.0 Å². The van der Waals surface area contributed by atoms with Crippen LogP contribution in [0.1, 0.15) is 22.6 Å². The zero-order valence-corrected chi connectivity index (χ0v) is 14.1. The zero-order valence-electron chi connectivity index (χ0n) is 13.3. The van der Waals surface area contributed by atoms with Gasteiger partial charge in [0, 0.05) is 48.2 Å². The molecular formula is C17H21N3O2S. The second-order valence-corrected chi connectivity index (χ2v) is 7.81. The Labute approximate surface area is 140 Å². The lowest BCUT2D eigenvalue weighted by Gasteiger charge is -2.23. The van der Waals surface area contributed by atoms with Crippen molar-refractivity contribution in [3.8, 4) is 6.01 Å². The number of ether oxygens (including phenoxy) is 2. The summed E-state index contributed by atoms with van der Waals surface area (Å²) in [6.07, 6.45) is 5.46. The maximum absolute atomic E-state index is 6.14. The molecule has 0 aromatic carbocycles. The minimum absolute atomic E-state index is 0.0499. The number of hydrogen-bond donors (Lipinski definition) is 0. The first-order valence-electron chi connectivity index (χ1n) is 8.06. The Balaban J connectivity index is 1.34. The van der Waals surface area contributed by atoms with E-state index in [0.717, 1.165) is 32.5 Å². The molecule has 23 heavy (non-hydrogen) atoms. The van der Waals surface area contributed by atoms with Gasteiger partial charge in [-0.2, -0.15) is 0 Å². The Morgan fingerprint density at radius 1 is 1.39 bits per heavy atom. The van der Waals surface area contributed by atoms with Gasteiger partial charge in [-0.25, -0.2) is 9.97 Å². The maximum Gasteiger partial charge on any atom is 0.316 e. The standard InChI is InChI=1S/C17H21N3O2S/c1-13-3-4-15(23-13)10-20-8-5-17(12-20)9-14(11-21-17)22-16-18-6-2-7-19-16/h2-4,6-7,14H,5,8-12H2,1H3. The molecule has 0 N–H and O–H groups in total. The molecule has 2 aromatic rings. The van der Waals surface area contributed by atoms with Crippen LogP contribution in [0.3, 0.4) is 0 Å². The van der Waals surface area contributed by atoms with Gasteiger partial charge in [0.05, 0.1) is 12.2 Å². The van der Waals surface area contributed by atoms with Gasteiger partial charge < -0.3 is 9.47 Å². The van der Waals surface area contributed by atoms with Gasteiger partial charge >= 0.3 is 6.01 Å². The largest absolute Gasteiger partial charge is 0.458 e. The molecule has 5 nitrogen and oxygen atoms in total. The van der Waals surface area contributed by atoms with Gasteiger partial charge in [-0.3, -0.25) is 4.90 Å². The van der Waals surface area contributed by atoms with Crippen molar-refractivity contribution >= 4 is 11.3 Å². The first-order valence-corrected chi connectivity index (χ1v) is 8.88. The van der Waals surface area contributed by atoms with Gasteiger partial charge in [0.25, 0.3) is 0 Å². The summed E-state index contributed by atoms with van der Waals surface area (Å²) < 4.78 is 12.0. The lowest BCUT2D eigenvalue weighted by atomic mass is 9.98. The summed E-state index contributed by atoms with van der Waals surface area (Å²) in [4.78, 5) is 13.6. The van der Waals surface area contributed by atoms with Crippen molar-refractivity contribution in [3.05, 3.63) is 40.3 Å². The quantitative estimate of drug-likeness (QED) is 0.862. The summed E-state index contributed by atoms with van der Waals surface area (Å²) in [6, 6.07) is 6.67. The number of nitrogens with zero attached hydrogens (tertiary/aromatic N) is 3. The predicted octanol–water partition coefficient (Wildman–Crippen LogP) is 2.66. The van der Waals surface area contributed by atoms with Crippen molar-refractivity contribution in [1.82, 2.24) is 14.9 Å². The molecule has 4 heterocycles. The minimum Gasteiger partial charge on any atom is -0.458 e. The molecule has 0 amide bonds. The Hall–Kier alpha value is -1.50. The van der Waals surface area contributed by atoms with Crippen molar-refractivity contribution in [2.24, 2.45) is 0 Å². The molecule has 1 spiro atoms. The van der Waals surface area contributed by atoms with E-state index in [2.05, 4.69) is 33.9 Å². The highest BCUT2D eigenvalue weighted by Crippen LogP contribution is 2.37. The Morgan fingerprint density at radius 3 is 3.04 bits per heavy atom. The number of thiophene rings is 1. The highest BCUT2D eigenvalue weighted by molar-refractivity contribution is 7.11. The molecule has 2 aromatic heterocycles. The molecule has 2 aliphatic heterocycles. The SMILES string of the molecule is Cc1ccc(CN2CCC3(CC(Oc4ncccn4)CO3)C2)s1. The van der Waals surface area contributed by atoms with Crippen LogP contribution in [0.2, 0.25) is 0 Å². The fourth-order valence-electron chi connectivity index (χ4n) is 3.51. The fraction of sp³-hybridized carbons (Fsp3) is 0.529. The van der Waals surface area contributed by atoms with Crippen molar-refractivity contribution in [1.29, 1.82) is 0 Å². The van der Waals surface area contributed by atoms with Gasteiger partial charge in [-0.15, -0.1) is 11.3 Å². The van der Waals surface area contributed by atoms with Crippen molar-refractivity contribution in [2.75, 3.05) is 19.7 Å². The molecular weight excluding hydrogens is 310 g/mol. The van der Waals surface area contributed by atoms with Crippen LogP contribution in [0.4, 0.5) is 0 Å². The predicted molar refractivity (Wildman–Crippen MR) is 88.7 cm³/mol. The highest BCUT2D eigenvalue weighted by Gasteiger charge is 2.46. The van der Waals surface area contributed by atoms with Crippen LogP contribution in [0, 0.1) is 6.92 Å². The van der Waals surface area contributed by atoms with Gasteiger partial charge in [-0.1, -0.05) is 0 Å². The Morgan fingerprint density at radius 2 is 2.26 bits per heavy atom. The summed E-state index contributed by atoms with van der Waals surface area (Å²) in [6.45, 7) is 5.89. The molecule has 6 heteroatoms. The lowest BCUT2D eigenvalue weighted by Crippen LogP contribution is -2.33. The van der Waals surface area contributed by atoms with Gasteiger partial charge in [0.15, 0.2) is 0 Å². The number of rotatable bonds is 4. The summed E-state index contributed by atoms with van der Waals surface area (Å²) in [7, 11) is 0. The van der Waals surface area contributed by atoms with E-state index in [0.29, 0.717) is 12.6 Å². The Bertz CT molecular complexity index is 663. The van der Waals surface area contributed by atoms with Gasteiger partial charge in [-0.05, 0) is 31.5 Å². The summed E-state index contributed by atoms with van der Waals surface area (Å²) in [5.41, 5.74) is -0.0499. The van der Waals surface area contributed by atoms with Crippen LogP contribution in [-0.2, 0) is 11.3 Å². The zero-order chi connectivity index (χ0) is 15.7. The fourth-order valence-corrected chi connectivity index (χ4v) is 4.44. The molecule has 2 fully saturated rings. The third-order valence-corrected chi connectivity index (χ3v) is 5.55. The summed E-state index contributed by atoms with van der Waals surface area (Å²) in [5.74, 6) is 0. The summed E-state index contributed by atoms with van der Waals surface area (Å²) >= 11 is 1.88. The smallest absolute Gasteiger partial charge is 0.316 e. The van der Waals surface area contributed by atoms with E-state index in [1.165, 1.54) is 9.75 Å². The third kappa shape index (κ3) is 3.39. The molecule has 122 valence electrons. The van der Waals surface area contributed by atoms with E-state index in [1.54, 1.807) is 18.5 Å². The number of hydrogen-bond acceptors (Lipinski definition) is 6. The first kappa shape index (κ1) is 15.1. The molecule has 2 aliphatic rings. The average molecular weight is 331 g/mol. The lowest BCUT2D eigenvalue weighted by molar-refractivity contribution is 0.00917. The third-order valence-electron chi connectivity index (χ3n) is 4.56. The molecule has 0 bridgehead atoms. The average Bonchev–Trinajstić information content (AvgIpc) is 3.24. The number of aromatic nitrogens is 2. The number of likely N-dealkylation sites (tertiary alicyclic amines) is 1. The topological polar surface area (TPSA) is 47.5 Å². The normalized spacial score (nSPS) is 27.8. The van der Waals surface area contributed by atoms with E-state index in [4.69, 9.17) is 9.47 Å². The van der Waals surface area contributed by atoms with Crippen LogP contribution in [0.15, 0.2) is 30.6 Å². The van der Waals surface area contributed by atoms with Crippen molar-refractivity contribution in [3.63, 3.8) is 0 Å². The van der Waals surface area contributed by atoms with Crippen LogP contribution in [0.25, 0.3) is 0 Å². The van der Waals surface area contributed by atoms with E-state index in [9.17, 15) is 0 Å². The van der Waals surface area contributed by atoms with Crippen LogP contribution in [0.5, 0.6) is 6.01 Å². The maximum atomic E-state index is 6.14. The van der Waals surface area contributed by atoms with E-state index in [1.807, 2.05) is 11.3 Å². The van der Waals surface area contributed by atoms with E-state index in [-0.39, 0.29) is 11.7 Å². The van der Waals surface area contributed by atoms with E-state index >= 15 is 0 Å². The highest BCUT2D eigenvalue weighted by atomic mass is 32.1. The minimum atomic E-state index is -0.0499. The molecule has 2 saturated heterocycles. The molecule has 2 unspecified atom stereocenters. The second kappa shape index (κ2) is 6.19. The van der Waals surface area contributed by atoms with Crippen molar-refractivity contribution < 1.29 is 9.47 Å². The monoisotopic (exact) mass is 331 g/mol. The van der Waals surface area contributed by atoms with Crippen LogP contribution in [-0.4, -0.2) is 46.3 Å². The molecule has 0 saturated carbocycles. The molecule has 2 atom stereocenters. The van der Waals surface area contributed by atoms with E-state index < -0.39 is 0 Å². The van der Waals surface area contributed by atoms with Crippen LogP contribution >= 0.6 is 11.3 Å². The van der Waals surface area contributed by atoms with Gasteiger partial charge in [0.1, 0.15) is 6.10 Å². The second-order valence-electron chi connectivity index (χ2n) is 6.44.